The van der Waals surface area contributed by atoms with Gasteiger partial charge in [-0.15, -0.1) is 0 Å². The molecule has 0 amide bonds. The van der Waals surface area contributed by atoms with E-state index in [0.717, 1.165) is 0 Å². The second-order valence-corrected chi connectivity index (χ2v) is 4.30. The van der Waals surface area contributed by atoms with Gasteiger partial charge in [-0.05, 0) is 19.1 Å². The van der Waals surface area contributed by atoms with Gasteiger partial charge in [0.15, 0.2) is 5.69 Å². The third-order valence-electron chi connectivity index (χ3n) is 3.03. The quantitative estimate of drug-likeness (QED) is 0.867. The van der Waals surface area contributed by atoms with Gasteiger partial charge in [0.2, 0.25) is 0 Å². The number of hydrogen-bond acceptors (Lipinski definition) is 5. The van der Waals surface area contributed by atoms with E-state index in [1.165, 1.54) is 0 Å². The lowest BCUT2D eigenvalue weighted by molar-refractivity contribution is 0.0521. The number of para-hydroxylation sites is 1. The number of aromatic nitrogens is 2. The van der Waals surface area contributed by atoms with E-state index < -0.39 is 5.97 Å². The molecule has 1 heterocycles. The number of nitrogens with two attached hydrogens (primary N) is 1. The Kier molecular flexibility index (Phi) is 4.24. The van der Waals surface area contributed by atoms with Crippen LogP contribution in [0.3, 0.4) is 0 Å². The summed E-state index contributed by atoms with van der Waals surface area (Å²) in [5, 5.41) is 9.22. The van der Waals surface area contributed by atoms with Crippen molar-refractivity contribution in [2.75, 3.05) is 12.3 Å². The highest BCUT2D eigenvalue weighted by Gasteiger charge is 2.22. The number of aryl methyl sites for hydroxylation is 1. The molecule has 1 aromatic carbocycles. The van der Waals surface area contributed by atoms with Gasteiger partial charge in [-0.2, -0.15) is 5.26 Å². The number of hydrogen-bond donors (Lipinski definition) is 1. The number of nitriles is 1. The first kappa shape index (κ1) is 14.6. The number of carbonyl (C=O) groups is 1. The second kappa shape index (κ2) is 6.09. The van der Waals surface area contributed by atoms with Crippen LogP contribution in [0.2, 0.25) is 0 Å². The summed E-state index contributed by atoms with van der Waals surface area (Å²) in [4.78, 5) is 16.1. The van der Waals surface area contributed by atoms with Gasteiger partial charge in [0.05, 0.1) is 17.9 Å². The number of carbonyl (C=O) groups excluding carboxylic acids is 1. The van der Waals surface area contributed by atoms with Crippen molar-refractivity contribution in [3.05, 3.63) is 41.3 Å². The molecule has 0 radical (unpaired) electrons. The van der Waals surface area contributed by atoms with E-state index in [1.54, 1.807) is 35.8 Å². The van der Waals surface area contributed by atoms with E-state index in [9.17, 15) is 10.1 Å². The van der Waals surface area contributed by atoms with Crippen LogP contribution in [0.4, 0.5) is 5.82 Å². The van der Waals surface area contributed by atoms with Crippen LogP contribution >= 0.6 is 0 Å². The molecule has 21 heavy (non-hydrogen) atoms. The molecule has 6 heteroatoms. The van der Waals surface area contributed by atoms with Gasteiger partial charge in [-0.25, -0.2) is 9.78 Å². The zero-order valence-electron chi connectivity index (χ0n) is 12.0. The first-order chi connectivity index (χ1) is 10.1. The molecule has 0 atom stereocenters. The van der Waals surface area contributed by atoms with Crippen molar-refractivity contribution in [3.63, 3.8) is 0 Å². The molecular formula is C15H16N4O2. The molecule has 2 rings (SSSR count). The lowest BCUT2D eigenvalue weighted by Gasteiger charge is -2.10. The lowest BCUT2D eigenvalue weighted by Crippen LogP contribution is -2.10. The summed E-state index contributed by atoms with van der Waals surface area (Å²) in [6.45, 7) is 3.88. The van der Waals surface area contributed by atoms with Crippen LogP contribution in [-0.2, 0) is 11.2 Å². The summed E-state index contributed by atoms with van der Waals surface area (Å²) in [5.41, 5.74) is 7.21. The summed E-state index contributed by atoms with van der Waals surface area (Å²) < 4.78 is 6.58. The van der Waals surface area contributed by atoms with Gasteiger partial charge in [-0.1, -0.05) is 19.1 Å². The van der Waals surface area contributed by atoms with Crippen LogP contribution in [0.25, 0.3) is 5.69 Å². The van der Waals surface area contributed by atoms with Gasteiger partial charge in [0, 0.05) is 6.42 Å². The van der Waals surface area contributed by atoms with Crippen molar-refractivity contribution in [2.24, 2.45) is 0 Å². The third kappa shape index (κ3) is 2.58. The number of anilines is 1. The maximum atomic E-state index is 11.9. The van der Waals surface area contributed by atoms with E-state index in [1.807, 2.05) is 6.92 Å². The Bertz CT molecular complexity index is 713. The molecule has 1 aromatic heterocycles. The zero-order valence-corrected chi connectivity index (χ0v) is 12.0. The van der Waals surface area contributed by atoms with E-state index >= 15 is 0 Å². The predicted molar refractivity (Wildman–Crippen MR) is 78.0 cm³/mol. The molecule has 6 nitrogen and oxygen atoms in total. The Morgan fingerprint density at radius 3 is 2.76 bits per heavy atom. The normalized spacial score (nSPS) is 10.1. The number of nitrogens with zero attached hydrogens (tertiary/aromatic N) is 3. The van der Waals surface area contributed by atoms with E-state index in [2.05, 4.69) is 11.1 Å². The predicted octanol–water partition coefficient (Wildman–Crippen LogP) is 2.07. The zero-order chi connectivity index (χ0) is 15.4. The Balaban J connectivity index is 2.64. The third-order valence-corrected chi connectivity index (χ3v) is 3.03. The van der Waals surface area contributed by atoms with Crippen LogP contribution in [-0.4, -0.2) is 22.1 Å². The van der Waals surface area contributed by atoms with Crippen molar-refractivity contribution in [1.82, 2.24) is 9.55 Å². The first-order valence-corrected chi connectivity index (χ1v) is 6.67. The molecule has 0 bridgehead atoms. The topological polar surface area (TPSA) is 93.9 Å². The van der Waals surface area contributed by atoms with Crippen LogP contribution in [0, 0.1) is 11.3 Å². The number of rotatable bonds is 4. The summed E-state index contributed by atoms with van der Waals surface area (Å²) >= 11 is 0. The first-order valence-electron chi connectivity index (χ1n) is 6.67. The van der Waals surface area contributed by atoms with Gasteiger partial charge >= 0.3 is 5.97 Å². The summed E-state index contributed by atoms with van der Waals surface area (Å²) in [5.74, 6) is 0.240. The van der Waals surface area contributed by atoms with Crippen LogP contribution in [0.5, 0.6) is 0 Å². The fourth-order valence-corrected chi connectivity index (χ4v) is 2.10. The van der Waals surface area contributed by atoms with Crippen molar-refractivity contribution in [2.45, 2.75) is 20.3 Å². The number of benzene rings is 1. The Morgan fingerprint density at radius 1 is 1.43 bits per heavy atom. The van der Waals surface area contributed by atoms with Crippen LogP contribution in [0.1, 0.15) is 35.7 Å². The van der Waals surface area contributed by atoms with Crippen molar-refractivity contribution in [1.29, 1.82) is 5.26 Å². The van der Waals surface area contributed by atoms with Gasteiger partial charge in [-0.3, -0.25) is 4.57 Å². The smallest absolute Gasteiger partial charge is 0.360 e. The molecule has 0 aliphatic rings. The highest BCUT2D eigenvalue weighted by molar-refractivity contribution is 5.92. The summed E-state index contributed by atoms with van der Waals surface area (Å²) in [7, 11) is 0. The number of ether oxygens (including phenoxy) is 1. The largest absolute Gasteiger partial charge is 0.461 e. The summed E-state index contributed by atoms with van der Waals surface area (Å²) in [6, 6.07) is 9.15. The average molecular weight is 284 g/mol. The Morgan fingerprint density at radius 2 is 2.14 bits per heavy atom. The molecule has 2 N–H and O–H groups in total. The monoisotopic (exact) mass is 284 g/mol. The number of esters is 1. The molecule has 0 fully saturated rings. The molecule has 0 spiro atoms. The Labute approximate surface area is 122 Å². The van der Waals surface area contributed by atoms with Crippen LogP contribution in [0.15, 0.2) is 24.3 Å². The summed E-state index contributed by atoms with van der Waals surface area (Å²) in [6.07, 6.45) is 0.573. The minimum Gasteiger partial charge on any atom is -0.461 e. The highest BCUT2D eigenvalue weighted by Crippen LogP contribution is 2.24. The Hall–Kier alpha value is -2.81. The average Bonchev–Trinajstić information content (AvgIpc) is 2.84. The fraction of sp³-hybridized carbons (Fsp3) is 0.267. The van der Waals surface area contributed by atoms with Gasteiger partial charge < -0.3 is 10.5 Å². The molecule has 0 saturated carbocycles. The SMILES string of the molecule is CCOC(=O)c1nc(CC)n(-c2ccccc2C#N)c1N. The lowest BCUT2D eigenvalue weighted by atomic mass is 10.2. The van der Waals surface area contributed by atoms with Gasteiger partial charge in [0.25, 0.3) is 0 Å². The molecule has 0 unspecified atom stereocenters. The molecule has 0 saturated heterocycles. The minimum absolute atomic E-state index is 0.0847. The maximum Gasteiger partial charge on any atom is 0.360 e. The maximum absolute atomic E-state index is 11.9. The number of imidazole rings is 1. The standard InChI is InChI=1S/C15H16N4O2/c1-3-12-18-13(15(20)21-4-2)14(17)19(12)11-8-6-5-7-10(11)9-16/h5-8H,3-4,17H2,1-2H3. The molecule has 2 aromatic rings. The van der Waals surface area contributed by atoms with E-state index in [4.69, 9.17) is 10.5 Å². The van der Waals surface area contributed by atoms with E-state index in [-0.39, 0.29) is 18.1 Å². The minimum atomic E-state index is -0.558. The van der Waals surface area contributed by atoms with Crippen molar-refractivity contribution >= 4 is 11.8 Å². The molecular weight excluding hydrogens is 268 g/mol. The molecule has 108 valence electrons. The van der Waals surface area contributed by atoms with Gasteiger partial charge in [0.1, 0.15) is 17.7 Å². The molecule has 0 aliphatic heterocycles. The van der Waals surface area contributed by atoms with Crippen molar-refractivity contribution < 1.29 is 9.53 Å². The molecule has 0 aliphatic carbocycles. The van der Waals surface area contributed by atoms with E-state index in [0.29, 0.717) is 23.5 Å². The van der Waals surface area contributed by atoms with Crippen LogP contribution < -0.4 is 5.73 Å². The highest BCUT2D eigenvalue weighted by atomic mass is 16.5. The van der Waals surface area contributed by atoms with Crippen molar-refractivity contribution in [3.8, 4) is 11.8 Å². The number of nitrogen functional groups attached to an aromatic ring is 1. The second-order valence-electron chi connectivity index (χ2n) is 4.30. The fourth-order valence-electron chi connectivity index (χ4n) is 2.10.